The average Bonchev–Trinajstić information content (AvgIpc) is 2.85. The molecule has 22 heavy (non-hydrogen) atoms. The van der Waals surface area contributed by atoms with Crippen molar-refractivity contribution in [3.8, 4) is 0 Å². The molecule has 0 atom stereocenters. The van der Waals surface area contributed by atoms with Crippen molar-refractivity contribution in [3.05, 3.63) is 42.2 Å². The predicted octanol–water partition coefficient (Wildman–Crippen LogP) is 3.20. The van der Waals surface area contributed by atoms with Crippen LogP contribution in [0.5, 0.6) is 0 Å². The van der Waals surface area contributed by atoms with Gasteiger partial charge in [0.05, 0.1) is 6.61 Å². The normalized spacial score (nSPS) is 10.5. The van der Waals surface area contributed by atoms with Crippen molar-refractivity contribution in [1.82, 2.24) is 14.5 Å². The summed E-state index contributed by atoms with van der Waals surface area (Å²) >= 11 is 1.64. The fourth-order valence-electron chi connectivity index (χ4n) is 1.89. The Morgan fingerprint density at radius 3 is 2.73 bits per heavy atom. The number of hydrogen-bond acceptors (Lipinski definition) is 4. The minimum atomic E-state index is -0.301. The zero-order valence-electron chi connectivity index (χ0n) is 13.2. The Morgan fingerprint density at radius 1 is 1.32 bits per heavy atom. The van der Waals surface area contributed by atoms with E-state index in [0.717, 1.165) is 23.7 Å². The van der Waals surface area contributed by atoms with Crippen LogP contribution in [-0.4, -0.2) is 41.2 Å². The van der Waals surface area contributed by atoms with E-state index in [-0.39, 0.29) is 6.09 Å². The van der Waals surface area contributed by atoms with Crippen molar-refractivity contribution in [2.75, 3.05) is 20.7 Å². The van der Waals surface area contributed by atoms with E-state index in [1.807, 2.05) is 31.4 Å². The maximum atomic E-state index is 11.3. The zero-order valence-corrected chi connectivity index (χ0v) is 14.0. The Bertz CT molecular complexity index is 611. The van der Waals surface area contributed by atoms with Crippen LogP contribution in [0, 0.1) is 0 Å². The molecule has 0 unspecified atom stereocenters. The van der Waals surface area contributed by atoms with Crippen LogP contribution >= 0.6 is 11.8 Å². The maximum absolute atomic E-state index is 11.3. The molecule has 1 aromatic carbocycles. The lowest BCUT2D eigenvalue weighted by atomic mass is 10.2. The maximum Gasteiger partial charge on any atom is 0.409 e. The molecule has 0 bridgehead atoms. The molecule has 0 saturated heterocycles. The number of nitrogens with zero attached hydrogens (tertiary/aromatic N) is 3. The number of rotatable bonds is 6. The number of aromatic nitrogens is 2. The van der Waals surface area contributed by atoms with Crippen molar-refractivity contribution in [3.63, 3.8) is 0 Å². The highest BCUT2D eigenvalue weighted by atomic mass is 32.2. The molecule has 0 spiro atoms. The van der Waals surface area contributed by atoms with Gasteiger partial charge in [0.2, 0.25) is 0 Å². The Morgan fingerprint density at radius 2 is 2.05 bits per heavy atom. The number of aryl methyl sites for hydroxylation is 1. The number of imidazole rings is 1. The van der Waals surface area contributed by atoms with Gasteiger partial charge in [-0.25, -0.2) is 9.78 Å². The summed E-state index contributed by atoms with van der Waals surface area (Å²) in [5, 5.41) is 0.964. The Hall–Kier alpha value is -1.95. The van der Waals surface area contributed by atoms with Crippen LogP contribution in [0.1, 0.15) is 12.1 Å². The van der Waals surface area contributed by atoms with Crippen LogP contribution in [-0.2, 0) is 18.2 Å². The number of hydrogen-bond donors (Lipinski definition) is 0. The first-order valence-corrected chi connectivity index (χ1v) is 7.97. The van der Waals surface area contributed by atoms with Crippen LogP contribution in [0.15, 0.2) is 46.6 Å². The molecule has 0 saturated carbocycles. The summed E-state index contributed by atoms with van der Waals surface area (Å²) < 4.78 is 7.21. The molecule has 1 aromatic heterocycles. The van der Waals surface area contributed by atoms with Crippen LogP contribution in [0.3, 0.4) is 0 Å². The van der Waals surface area contributed by atoms with E-state index >= 15 is 0 Å². The van der Waals surface area contributed by atoms with E-state index in [0.29, 0.717) is 6.61 Å². The lowest BCUT2D eigenvalue weighted by Gasteiger charge is -2.11. The minimum Gasteiger partial charge on any atom is -0.449 e. The highest BCUT2D eigenvalue weighted by Crippen LogP contribution is 2.26. The van der Waals surface area contributed by atoms with Crippen molar-refractivity contribution >= 4 is 17.9 Å². The summed E-state index contributed by atoms with van der Waals surface area (Å²) in [6.45, 7) is 0.420. The van der Waals surface area contributed by atoms with E-state index in [1.54, 1.807) is 25.9 Å². The van der Waals surface area contributed by atoms with Crippen molar-refractivity contribution < 1.29 is 9.53 Å². The number of carbonyl (C=O) groups excluding carboxylic acids is 1. The third-order valence-electron chi connectivity index (χ3n) is 3.16. The lowest BCUT2D eigenvalue weighted by Crippen LogP contribution is -2.23. The van der Waals surface area contributed by atoms with E-state index in [9.17, 15) is 4.79 Å². The molecule has 0 aliphatic rings. The first kappa shape index (κ1) is 16.4. The topological polar surface area (TPSA) is 47.4 Å². The highest BCUT2D eigenvalue weighted by molar-refractivity contribution is 7.99. The summed E-state index contributed by atoms with van der Waals surface area (Å²) in [6.07, 6.45) is 3.21. The average molecular weight is 319 g/mol. The zero-order chi connectivity index (χ0) is 15.9. The molecule has 1 amide bonds. The molecular weight excluding hydrogens is 298 g/mol. The van der Waals surface area contributed by atoms with E-state index in [1.165, 1.54) is 9.80 Å². The molecule has 2 aromatic rings. The van der Waals surface area contributed by atoms with Gasteiger partial charge in [0.25, 0.3) is 0 Å². The quantitative estimate of drug-likeness (QED) is 0.767. The van der Waals surface area contributed by atoms with Gasteiger partial charge < -0.3 is 14.2 Å². The largest absolute Gasteiger partial charge is 0.449 e. The molecule has 0 aliphatic heterocycles. The Labute approximate surface area is 135 Å². The monoisotopic (exact) mass is 319 g/mol. The highest BCUT2D eigenvalue weighted by Gasteiger charge is 2.09. The SMILES string of the molecule is CN(C)C(=O)OCCCc1cnc(Sc2ccccc2)n1C. The van der Waals surface area contributed by atoms with Gasteiger partial charge in [0, 0.05) is 37.9 Å². The third-order valence-corrected chi connectivity index (χ3v) is 4.23. The van der Waals surface area contributed by atoms with Crippen LogP contribution in [0.25, 0.3) is 0 Å². The van der Waals surface area contributed by atoms with Crippen molar-refractivity contribution in [1.29, 1.82) is 0 Å². The van der Waals surface area contributed by atoms with Gasteiger partial charge in [0.15, 0.2) is 5.16 Å². The molecule has 118 valence electrons. The minimum absolute atomic E-state index is 0.301. The summed E-state index contributed by atoms with van der Waals surface area (Å²) in [6, 6.07) is 10.2. The van der Waals surface area contributed by atoms with Crippen LogP contribution in [0.2, 0.25) is 0 Å². The second kappa shape index (κ2) is 7.89. The molecular formula is C16H21N3O2S. The lowest BCUT2D eigenvalue weighted by molar-refractivity contribution is 0.117. The predicted molar refractivity (Wildman–Crippen MR) is 87.1 cm³/mol. The van der Waals surface area contributed by atoms with E-state index in [2.05, 4.69) is 21.7 Å². The number of carbonyl (C=O) groups is 1. The molecule has 0 fully saturated rings. The van der Waals surface area contributed by atoms with Gasteiger partial charge in [-0.15, -0.1) is 0 Å². The molecule has 5 nitrogen and oxygen atoms in total. The molecule has 0 aliphatic carbocycles. The third kappa shape index (κ3) is 4.53. The van der Waals surface area contributed by atoms with Gasteiger partial charge in [0.1, 0.15) is 0 Å². The fourth-order valence-corrected chi connectivity index (χ4v) is 2.75. The number of ether oxygens (including phenoxy) is 1. The van der Waals surface area contributed by atoms with Crippen molar-refractivity contribution in [2.24, 2.45) is 7.05 Å². The fraction of sp³-hybridized carbons (Fsp3) is 0.375. The van der Waals surface area contributed by atoms with Gasteiger partial charge in [-0.3, -0.25) is 0 Å². The van der Waals surface area contributed by atoms with Gasteiger partial charge in [-0.2, -0.15) is 0 Å². The Balaban J connectivity index is 1.85. The summed E-state index contributed by atoms with van der Waals surface area (Å²) in [4.78, 5) is 18.4. The number of benzene rings is 1. The van der Waals surface area contributed by atoms with Gasteiger partial charge in [-0.05, 0) is 25.0 Å². The van der Waals surface area contributed by atoms with Crippen LogP contribution in [0.4, 0.5) is 4.79 Å². The van der Waals surface area contributed by atoms with Gasteiger partial charge >= 0.3 is 6.09 Å². The smallest absolute Gasteiger partial charge is 0.409 e. The number of amides is 1. The van der Waals surface area contributed by atoms with Gasteiger partial charge in [-0.1, -0.05) is 30.0 Å². The first-order chi connectivity index (χ1) is 10.6. The van der Waals surface area contributed by atoms with Crippen molar-refractivity contribution in [2.45, 2.75) is 22.9 Å². The summed E-state index contributed by atoms with van der Waals surface area (Å²) in [5.74, 6) is 0. The van der Waals surface area contributed by atoms with E-state index in [4.69, 9.17) is 4.74 Å². The summed E-state index contributed by atoms with van der Waals surface area (Å²) in [7, 11) is 5.37. The van der Waals surface area contributed by atoms with E-state index < -0.39 is 0 Å². The molecule has 0 N–H and O–H groups in total. The second-order valence-electron chi connectivity index (χ2n) is 5.12. The molecule has 1 heterocycles. The molecule has 0 radical (unpaired) electrons. The first-order valence-electron chi connectivity index (χ1n) is 7.15. The molecule has 2 rings (SSSR count). The molecule has 6 heteroatoms. The Kier molecular flexibility index (Phi) is 5.89. The summed E-state index contributed by atoms with van der Waals surface area (Å²) in [5.41, 5.74) is 1.14. The van der Waals surface area contributed by atoms with Crippen LogP contribution < -0.4 is 0 Å². The standard InChI is InChI=1S/C16H21N3O2S/c1-18(2)16(20)21-11-7-8-13-12-17-15(19(13)3)22-14-9-5-4-6-10-14/h4-6,9-10,12H,7-8,11H2,1-3H3. The second-order valence-corrected chi connectivity index (χ2v) is 6.16.